The van der Waals surface area contributed by atoms with Gasteiger partial charge in [-0.15, -0.1) is 0 Å². The summed E-state index contributed by atoms with van der Waals surface area (Å²) in [4.78, 5) is 22.5. The van der Waals surface area contributed by atoms with Gasteiger partial charge in [-0.2, -0.15) is 0 Å². The van der Waals surface area contributed by atoms with Crippen molar-refractivity contribution in [1.82, 2.24) is 14.9 Å². The van der Waals surface area contributed by atoms with Gasteiger partial charge in [0.05, 0.1) is 6.10 Å². The molecule has 24 heavy (non-hydrogen) atoms. The van der Waals surface area contributed by atoms with Gasteiger partial charge < -0.3 is 9.64 Å². The molecule has 0 bridgehead atoms. The summed E-state index contributed by atoms with van der Waals surface area (Å²) in [5.41, 5.74) is 3.00. The largest absolute Gasteiger partial charge is 0.381 e. The molecule has 1 fully saturated rings. The van der Waals surface area contributed by atoms with Crippen LogP contribution in [0.15, 0.2) is 42.9 Å². The van der Waals surface area contributed by atoms with Gasteiger partial charge in [-0.05, 0) is 31.4 Å². The third-order valence-electron chi connectivity index (χ3n) is 4.64. The Morgan fingerprint density at radius 1 is 1.38 bits per heavy atom. The number of aromatic nitrogens is 2. The van der Waals surface area contributed by atoms with Crippen LogP contribution in [0, 0.1) is 12.8 Å². The van der Waals surface area contributed by atoms with Gasteiger partial charge >= 0.3 is 0 Å². The molecule has 1 aliphatic heterocycles. The Hall–Kier alpha value is -2.27. The van der Waals surface area contributed by atoms with Gasteiger partial charge in [0.1, 0.15) is 12.0 Å². The van der Waals surface area contributed by atoms with Crippen LogP contribution in [0.1, 0.15) is 28.0 Å². The number of ether oxygens (including phenoxy) is 1. The van der Waals surface area contributed by atoms with Crippen LogP contribution in [0.25, 0.3) is 0 Å². The zero-order valence-electron chi connectivity index (χ0n) is 14.2. The minimum absolute atomic E-state index is 0.0267. The lowest BCUT2D eigenvalue weighted by Crippen LogP contribution is -2.47. The van der Waals surface area contributed by atoms with Crippen molar-refractivity contribution in [3.8, 4) is 0 Å². The highest BCUT2D eigenvalue weighted by molar-refractivity contribution is 5.92. The van der Waals surface area contributed by atoms with Gasteiger partial charge in [-0.3, -0.25) is 4.79 Å². The molecule has 0 N–H and O–H groups in total. The first-order valence-corrected chi connectivity index (χ1v) is 8.31. The molecule has 1 aromatic carbocycles. The number of likely N-dealkylation sites (tertiary alicyclic amines) is 1. The Kier molecular flexibility index (Phi) is 5.20. The van der Waals surface area contributed by atoms with Crippen LogP contribution in [0.3, 0.4) is 0 Å². The number of piperidine rings is 1. The summed E-state index contributed by atoms with van der Waals surface area (Å²) in [6.07, 6.45) is 4.96. The molecule has 3 rings (SSSR count). The molecule has 5 heteroatoms. The first kappa shape index (κ1) is 16.6. The van der Waals surface area contributed by atoms with Gasteiger partial charge in [0.25, 0.3) is 5.91 Å². The molecule has 5 nitrogen and oxygen atoms in total. The summed E-state index contributed by atoms with van der Waals surface area (Å²) in [6.45, 7) is 3.49. The summed E-state index contributed by atoms with van der Waals surface area (Å²) >= 11 is 0. The normalized spacial score (nSPS) is 20.8. The predicted octanol–water partition coefficient (Wildman–Crippen LogP) is 2.50. The van der Waals surface area contributed by atoms with E-state index in [4.69, 9.17) is 4.74 Å². The molecule has 1 amide bonds. The van der Waals surface area contributed by atoms with Crippen LogP contribution in [-0.4, -0.2) is 47.1 Å². The molecular formula is C19H23N3O2. The first-order valence-electron chi connectivity index (χ1n) is 8.31. The van der Waals surface area contributed by atoms with E-state index in [1.54, 1.807) is 19.4 Å². The third-order valence-corrected chi connectivity index (χ3v) is 4.64. The van der Waals surface area contributed by atoms with Crippen molar-refractivity contribution < 1.29 is 9.53 Å². The lowest BCUT2D eigenvalue weighted by atomic mass is 9.88. The summed E-state index contributed by atoms with van der Waals surface area (Å²) in [6, 6.07) is 10.2. The van der Waals surface area contributed by atoms with Crippen molar-refractivity contribution in [2.75, 3.05) is 20.2 Å². The molecule has 0 saturated carbocycles. The van der Waals surface area contributed by atoms with E-state index in [0.29, 0.717) is 18.8 Å². The standard InChI is InChI=1S/C19H23N3O2/c1-14-4-3-5-15(10-14)11-16-12-22(9-7-18(16)24-2)19(23)17-6-8-20-13-21-17/h3-6,8,10,13,16,18H,7,9,11-12H2,1-2H3/t16-,18-/m1/s1. The van der Waals surface area contributed by atoms with E-state index in [1.165, 1.54) is 17.5 Å². The van der Waals surface area contributed by atoms with Crippen molar-refractivity contribution in [2.24, 2.45) is 5.92 Å². The minimum atomic E-state index is -0.0267. The summed E-state index contributed by atoms with van der Waals surface area (Å²) in [7, 11) is 1.76. The maximum absolute atomic E-state index is 12.6. The summed E-state index contributed by atoms with van der Waals surface area (Å²) in [5.74, 6) is 0.262. The van der Waals surface area contributed by atoms with Gasteiger partial charge in [0.15, 0.2) is 0 Å². The van der Waals surface area contributed by atoms with E-state index in [-0.39, 0.29) is 17.9 Å². The number of hydrogen-bond donors (Lipinski definition) is 0. The SMILES string of the molecule is CO[C@@H]1CCN(C(=O)c2ccncn2)C[C@H]1Cc1cccc(C)c1. The van der Waals surface area contributed by atoms with E-state index in [2.05, 4.69) is 41.2 Å². The molecule has 126 valence electrons. The quantitative estimate of drug-likeness (QED) is 0.867. The molecule has 0 aliphatic carbocycles. The van der Waals surface area contributed by atoms with Crippen LogP contribution in [0.2, 0.25) is 0 Å². The van der Waals surface area contributed by atoms with Crippen LogP contribution < -0.4 is 0 Å². The lowest BCUT2D eigenvalue weighted by Gasteiger charge is -2.38. The van der Waals surface area contributed by atoms with Crippen molar-refractivity contribution in [3.63, 3.8) is 0 Å². The Bertz CT molecular complexity index is 690. The minimum Gasteiger partial charge on any atom is -0.381 e. The second-order valence-electron chi connectivity index (χ2n) is 6.36. The highest BCUT2D eigenvalue weighted by Crippen LogP contribution is 2.25. The lowest BCUT2D eigenvalue weighted by molar-refractivity contribution is -0.00318. The summed E-state index contributed by atoms with van der Waals surface area (Å²) in [5, 5.41) is 0. The molecule has 2 heterocycles. The third kappa shape index (κ3) is 3.79. The van der Waals surface area contributed by atoms with E-state index < -0.39 is 0 Å². The molecule has 1 saturated heterocycles. The molecule has 0 spiro atoms. The van der Waals surface area contributed by atoms with Crippen molar-refractivity contribution in [2.45, 2.75) is 25.9 Å². The van der Waals surface area contributed by atoms with Crippen LogP contribution in [0.5, 0.6) is 0 Å². The highest BCUT2D eigenvalue weighted by Gasteiger charge is 2.32. The topological polar surface area (TPSA) is 55.3 Å². The maximum atomic E-state index is 12.6. The van der Waals surface area contributed by atoms with Crippen LogP contribution in [0.4, 0.5) is 0 Å². The average Bonchev–Trinajstić information content (AvgIpc) is 2.62. The molecule has 1 aromatic heterocycles. The van der Waals surface area contributed by atoms with E-state index in [1.807, 2.05) is 4.90 Å². The van der Waals surface area contributed by atoms with Gasteiger partial charge in [0, 0.05) is 32.3 Å². The number of methoxy groups -OCH3 is 1. The predicted molar refractivity (Wildman–Crippen MR) is 91.7 cm³/mol. The molecule has 0 radical (unpaired) electrons. The van der Waals surface area contributed by atoms with E-state index in [9.17, 15) is 4.79 Å². The number of carbonyl (C=O) groups is 1. The number of amides is 1. The van der Waals surface area contributed by atoms with Crippen LogP contribution >= 0.6 is 0 Å². The fourth-order valence-electron chi connectivity index (χ4n) is 3.42. The summed E-state index contributed by atoms with van der Waals surface area (Å²) < 4.78 is 5.68. The average molecular weight is 325 g/mol. The number of hydrogen-bond acceptors (Lipinski definition) is 4. The Morgan fingerprint density at radius 3 is 2.96 bits per heavy atom. The van der Waals surface area contributed by atoms with E-state index in [0.717, 1.165) is 12.8 Å². The fourth-order valence-corrected chi connectivity index (χ4v) is 3.42. The molecular weight excluding hydrogens is 302 g/mol. The van der Waals surface area contributed by atoms with Gasteiger partial charge in [-0.25, -0.2) is 9.97 Å². The number of benzene rings is 1. The molecule has 1 aliphatic rings. The monoisotopic (exact) mass is 325 g/mol. The maximum Gasteiger partial charge on any atom is 0.272 e. The number of carbonyl (C=O) groups excluding carboxylic acids is 1. The zero-order valence-corrected chi connectivity index (χ0v) is 14.2. The fraction of sp³-hybridized carbons (Fsp3) is 0.421. The van der Waals surface area contributed by atoms with Gasteiger partial charge in [-0.1, -0.05) is 29.8 Å². The second-order valence-corrected chi connectivity index (χ2v) is 6.36. The molecule has 0 unspecified atom stereocenters. The number of aryl methyl sites for hydroxylation is 1. The Balaban J connectivity index is 1.73. The molecule has 2 atom stereocenters. The first-order chi connectivity index (χ1) is 11.7. The van der Waals surface area contributed by atoms with Gasteiger partial charge in [0.2, 0.25) is 0 Å². The highest BCUT2D eigenvalue weighted by atomic mass is 16.5. The van der Waals surface area contributed by atoms with Crippen LogP contribution in [-0.2, 0) is 11.2 Å². The Morgan fingerprint density at radius 2 is 2.25 bits per heavy atom. The van der Waals surface area contributed by atoms with Crippen molar-refractivity contribution in [3.05, 3.63) is 59.7 Å². The van der Waals surface area contributed by atoms with E-state index >= 15 is 0 Å². The Labute approximate surface area is 142 Å². The smallest absolute Gasteiger partial charge is 0.272 e. The zero-order chi connectivity index (χ0) is 16.9. The van der Waals surface area contributed by atoms with Crippen molar-refractivity contribution in [1.29, 1.82) is 0 Å². The van der Waals surface area contributed by atoms with Crippen molar-refractivity contribution >= 4 is 5.91 Å². The number of nitrogens with zero attached hydrogens (tertiary/aromatic N) is 3. The number of rotatable bonds is 4. The second kappa shape index (κ2) is 7.53. The molecule has 2 aromatic rings.